The molecule has 2 aliphatic rings. The number of amides is 1. The van der Waals surface area contributed by atoms with E-state index in [4.69, 9.17) is 16.3 Å². The van der Waals surface area contributed by atoms with Crippen LogP contribution in [0.1, 0.15) is 35.2 Å². The predicted molar refractivity (Wildman–Crippen MR) is 130 cm³/mol. The van der Waals surface area contributed by atoms with E-state index in [9.17, 15) is 13.2 Å². The molecule has 0 atom stereocenters. The highest BCUT2D eigenvalue weighted by atomic mass is 35.5. The van der Waals surface area contributed by atoms with Crippen LogP contribution >= 0.6 is 11.6 Å². The molecule has 0 radical (unpaired) electrons. The van der Waals surface area contributed by atoms with E-state index in [1.54, 1.807) is 11.0 Å². The molecule has 1 amide bonds. The second-order valence-corrected chi connectivity index (χ2v) is 10.9. The summed E-state index contributed by atoms with van der Waals surface area (Å²) >= 11 is 6.16. The highest BCUT2D eigenvalue weighted by Crippen LogP contribution is 2.29. The maximum atomic E-state index is 13.4. The van der Waals surface area contributed by atoms with Crippen molar-refractivity contribution in [1.82, 2.24) is 9.21 Å². The first kappa shape index (κ1) is 23.9. The third kappa shape index (κ3) is 4.98. The van der Waals surface area contributed by atoms with E-state index in [2.05, 4.69) is 4.90 Å². The number of piperazine rings is 1. The van der Waals surface area contributed by atoms with Gasteiger partial charge in [-0.3, -0.25) is 4.79 Å². The summed E-state index contributed by atoms with van der Waals surface area (Å²) < 4.78 is 33.7. The minimum atomic E-state index is -3.74. The number of hydrogen-bond acceptors (Lipinski definition) is 5. The van der Waals surface area contributed by atoms with Gasteiger partial charge in [-0.05, 0) is 62.1 Å². The van der Waals surface area contributed by atoms with Crippen LogP contribution in [-0.2, 0) is 10.0 Å². The van der Waals surface area contributed by atoms with E-state index in [1.807, 2.05) is 25.1 Å². The van der Waals surface area contributed by atoms with E-state index in [-0.39, 0.29) is 10.8 Å². The van der Waals surface area contributed by atoms with Gasteiger partial charge in [-0.15, -0.1) is 0 Å². The molecule has 0 N–H and O–H groups in total. The zero-order valence-electron chi connectivity index (χ0n) is 19.1. The number of likely N-dealkylation sites (tertiary alicyclic amines) is 1. The zero-order chi connectivity index (χ0) is 23.6. The second-order valence-electron chi connectivity index (χ2n) is 8.54. The molecule has 0 aliphatic carbocycles. The number of carbonyl (C=O) groups is 1. The summed E-state index contributed by atoms with van der Waals surface area (Å²) in [6, 6.07) is 10.3. The van der Waals surface area contributed by atoms with Crippen molar-refractivity contribution in [2.45, 2.75) is 31.1 Å². The lowest BCUT2D eigenvalue weighted by atomic mass is 10.1. The Morgan fingerprint density at radius 3 is 2.30 bits per heavy atom. The molecule has 0 spiro atoms. The zero-order valence-corrected chi connectivity index (χ0v) is 20.7. The summed E-state index contributed by atoms with van der Waals surface area (Å²) in [7, 11) is -2.25. The van der Waals surface area contributed by atoms with Crippen LogP contribution in [0.5, 0.6) is 5.75 Å². The van der Waals surface area contributed by atoms with Crippen molar-refractivity contribution in [2.24, 2.45) is 0 Å². The number of ether oxygens (including phenoxy) is 1. The molecule has 0 unspecified atom stereocenters. The molecule has 2 aromatic carbocycles. The molecule has 4 rings (SSSR count). The van der Waals surface area contributed by atoms with Crippen molar-refractivity contribution in [3.8, 4) is 5.75 Å². The summed E-state index contributed by atoms with van der Waals surface area (Å²) in [5.41, 5.74) is 2.43. The van der Waals surface area contributed by atoms with Gasteiger partial charge < -0.3 is 14.5 Å². The fourth-order valence-corrected chi connectivity index (χ4v) is 6.14. The topological polar surface area (TPSA) is 70.2 Å². The molecule has 2 saturated heterocycles. The summed E-state index contributed by atoms with van der Waals surface area (Å²) in [6.07, 6.45) is 3.03. The van der Waals surface area contributed by atoms with Crippen LogP contribution in [0.3, 0.4) is 0 Å². The summed E-state index contributed by atoms with van der Waals surface area (Å²) in [6.45, 7) is 5.23. The van der Waals surface area contributed by atoms with Gasteiger partial charge in [-0.1, -0.05) is 17.7 Å². The van der Waals surface area contributed by atoms with E-state index in [0.29, 0.717) is 55.6 Å². The highest BCUT2D eigenvalue weighted by Gasteiger charge is 2.31. The standard InChI is InChI=1S/C24H30ClN3O4S/c1-18-6-7-19(25)16-22(18)26-12-14-28(15-13-26)33(30,31)20-8-9-23(32-2)21(17-20)24(29)27-10-4-3-5-11-27/h6-9,16-17H,3-5,10-15H2,1-2H3. The van der Waals surface area contributed by atoms with Crippen LogP contribution in [0.2, 0.25) is 5.02 Å². The quantitative estimate of drug-likeness (QED) is 0.636. The number of hydrogen-bond donors (Lipinski definition) is 0. The minimum Gasteiger partial charge on any atom is -0.496 e. The first-order valence-electron chi connectivity index (χ1n) is 11.3. The fraction of sp³-hybridized carbons (Fsp3) is 0.458. The van der Waals surface area contributed by atoms with Crippen molar-refractivity contribution >= 4 is 33.2 Å². The van der Waals surface area contributed by atoms with Crippen LogP contribution in [0, 0.1) is 6.92 Å². The van der Waals surface area contributed by atoms with Crippen LogP contribution in [-0.4, -0.2) is 69.9 Å². The molecule has 2 aromatic rings. The lowest BCUT2D eigenvalue weighted by Gasteiger charge is -2.36. The maximum absolute atomic E-state index is 13.4. The average Bonchev–Trinajstić information content (AvgIpc) is 2.85. The SMILES string of the molecule is COc1ccc(S(=O)(=O)N2CCN(c3cc(Cl)ccc3C)CC2)cc1C(=O)N1CCCCC1. The molecule has 7 nitrogen and oxygen atoms in total. The molecule has 0 aromatic heterocycles. The number of rotatable bonds is 5. The van der Waals surface area contributed by atoms with Gasteiger partial charge in [-0.25, -0.2) is 8.42 Å². The number of anilines is 1. The van der Waals surface area contributed by atoms with Gasteiger partial charge in [0.25, 0.3) is 5.91 Å². The van der Waals surface area contributed by atoms with Gasteiger partial charge in [0.05, 0.1) is 17.6 Å². The number of methoxy groups -OCH3 is 1. The van der Waals surface area contributed by atoms with Crippen LogP contribution < -0.4 is 9.64 Å². The van der Waals surface area contributed by atoms with Gasteiger partial charge in [0.15, 0.2) is 0 Å². The average molecular weight is 492 g/mol. The number of halogens is 1. The normalized spacial score (nSPS) is 17.8. The van der Waals surface area contributed by atoms with Crippen molar-refractivity contribution in [1.29, 1.82) is 0 Å². The van der Waals surface area contributed by atoms with E-state index in [0.717, 1.165) is 30.5 Å². The smallest absolute Gasteiger partial charge is 0.257 e. The largest absolute Gasteiger partial charge is 0.496 e. The number of piperidine rings is 1. The molecule has 178 valence electrons. The third-order valence-corrected chi connectivity index (χ3v) is 8.56. The van der Waals surface area contributed by atoms with Crippen LogP contribution in [0.25, 0.3) is 0 Å². The maximum Gasteiger partial charge on any atom is 0.257 e. The van der Waals surface area contributed by atoms with Gasteiger partial charge >= 0.3 is 0 Å². The molecule has 9 heteroatoms. The Kier molecular flexibility index (Phi) is 7.16. The Labute approximate surface area is 200 Å². The van der Waals surface area contributed by atoms with E-state index >= 15 is 0 Å². The van der Waals surface area contributed by atoms with Gasteiger partial charge in [0.1, 0.15) is 5.75 Å². The molecular weight excluding hydrogens is 462 g/mol. The first-order chi connectivity index (χ1) is 15.8. The molecule has 2 fully saturated rings. The van der Waals surface area contributed by atoms with Crippen molar-refractivity contribution in [2.75, 3.05) is 51.3 Å². The Bertz CT molecular complexity index is 1120. The Morgan fingerprint density at radius 2 is 1.64 bits per heavy atom. The lowest BCUT2D eigenvalue weighted by Crippen LogP contribution is -2.48. The van der Waals surface area contributed by atoms with E-state index in [1.165, 1.54) is 23.5 Å². The van der Waals surface area contributed by atoms with Gasteiger partial charge in [0.2, 0.25) is 10.0 Å². The monoisotopic (exact) mass is 491 g/mol. The Hall–Kier alpha value is -2.29. The number of nitrogens with zero attached hydrogens (tertiary/aromatic N) is 3. The van der Waals surface area contributed by atoms with Crippen molar-refractivity contribution in [3.05, 3.63) is 52.5 Å². The Morgan fingerprint density at radius 1 is 0.939 bits per heavy atom. The summed E-state index contributed by atoms with van der Waals surface area (Å²) in [4.78, 5) is 17.2. The number of sulfonamides is 1. The van der Waals surface area contributed by atoms with E-state index < -0.39 is 10.0 Å². The molecule has 2 heterocycles. The summed E-state index contributed by atoms with van der Waals surface area (Å²) in [5, 5.41) is 0.662. The van der Waals surface area contributed by atoms with Gasteiger partial charge in [0, 0.05) is 50.0 Å². The fourth-order valence-electron chi connectivity index (χ4n) is 4.52. The van der Waals surface area contributed by atoms with Gasteiger partial charge in [-0.2, -0.15) is 4.31 Å². The number of aryl methyl sites for hydroxylation is 1. The van der Waals surface area contributed by atoms with Crippen molar-refractivity contribution in [3.63, 3.8) is 0 Å². The van der Waals surface area contributed by atoms with Crippen molar-refractivity contribution < 1.29 is 17.9 Å². The highest BCUT2D eigenvalue weighted by molar-refractivity contribution is 7.89. The van der Waals surface area contributed by atoms with Crippen LogP contribution in [0.15, 0.2) is 41.3 Å². The molecule has 33 heavy (non-hydrogen) atoms. The van der Waals surface area contributed by atoms with Crippen LogP contribution in [0.4, 0.5) is 5.69 Å². The third-order valence-electron chi connectivity index (χ3n) is 6.43. The number of carbonyl (C=O) groups excluding carboxylic acids is 1. The first-order valence-corrected chi connectivity index (χ1v) is 13.1. The second kappa shape index (κ2) is 9.91. The molecule has 2 aliphatic heterocycles. The summed E-state index contributed by atoms with van der Waals surface area (Å²) in [5.74, 6) is 0.218. The predicted octanol–water partition coefficient (Wildman–Crippen LogP) is 3.79. The minimum absolute atomic E-state index is 0.121. The molecular formula is C24H30ClN3O4S. The molecule has 0 bridgehead atoms. The molecule has 0 saturated carbocycles. The lowest BCUT2D eigenvalue weighted by molar-refractivity contribution is 0.0720. The number of benzene rings is 2. The Balaban J connectivity index is 1.54.